The van der Waals surface area contributed by atoms with Gasteiger partial charge in [0.1, 0.15) is 11.0 Å². The highest BCUT2D eigenvalue weighted by atomic mass is 19.1. The molecule has 6 heteroatoms. The Hall–Kier alpha value is -2.63. The summed E-state index contributed by atoms with van der Waals surface area (Å²) in [6.07, 6.45) is 1.70. The lowest BCUT2D eigenvalue weighted by molar-refractivity contribution is 0.0997. The van der Waals surface area contributed by atoms with E-state index in [-0.39, 0.29) is 17.3 Å². The number of rotatable bonds is 4. The fourth-order valence-corrected chi connectivity index (χ4v) is 2.78. The highest BCUT2D eigenvalue weighted by molar-refractivity contribution is 6.09. The molecule has 1 heterocycles. The number of benzene rings is 1. The number of methoxy groups -OCH3 is 2. The minimum absolute atomic E-state index is 0.114. The summed E-state index contributed by atoms with van der Waals surface area (Å²) in [4.78, 5) is 12.8. The third-order valence-electron chi connectivity index (χ3n) is 3.94. The summed E-state index contributed by atoms with van der Waals surface area (Å²) < 4.78 is 44.5. The standard InChI is InChI=1S/C19H20F2O4/c1-7-11-14(9(2)3)10(4)19(25-11)18(22)15-16(20)12(23-5)8-13(24-6)17(15)21/h7-8H,1-6H3/b11-7+. The third kappa shape index (κ3) is 3.04. The van der Waals surface area contributed by atoms with Crippen molar-refractivity contribution in [2.24, 2.45) is 0 Å². The molecule has 0 saturated heterocycles. The Morgan fingerprint density at radius 3 is 2.00 bits per heavy atom. The van der Waals surface area contributed by atoms with Gasteiger partial charge >= 0.3 is 0 Å². The third-order valence-corrected chi connectivity index (χ3v) is 3.94. The Kier molecular flexibility index (Phi) is 5.30. The van der Waals surface area contributed by atoms with E-state index in [4.69, 9.17) is 13.9 Å². The lowest BCUT2D eigenvalue weighted by Crippen LogP contribution is -2.23. The van der Waals surface area contributed by atoms with Crippen molar-refractivity contribution in [1.29, 1.82) is 0 Å². The average Bonchev–Trinajstić information content (AvgIpc) is 2.91. The van der Waals surface area contributed by atoms with Crippen molar-refractivity contribution in [3.8, 4) is 11.5 Å². The maximum absolute atomic E-state index is 14.6. The molecule has 0 radical (unpaired) electrons. The van der Waals surface area contributed by atoms with Crippen LogP contribution in [0.2, 0.25) is 0 Å². The average molecular weight is 350 g/mol. The Balaban J connectivity index is 2.83. The Morgan fingerprint density at radius 1 is 1.12 bits per heavy atom. The van der Waals surface area contributed by atoms with Crippen molar-refractivity contribution in [1.82, 2.24) is 0 Å². The maximum Gasteiger partial charge on any atom is 0.234 e. The molecule has 2 aromatic rings. The van der Waals surface area contributed by atoms with Gasteiger partial charge in [0.05, 0.1) is 14.2 Å². The smallest absolute Gasteiger partial charge is 0.234 e. The zero-order valence-electron chi connectivity index (χ0n) is 15.0. The summed E-state index contributed by atoms with van der Waals surface area (Å²) >= 11 is 0. The molecular formula is C19H20F2O4. The van der Waals surface area contributed by atoms with Crippen LogP contribution in [0.3, 0.4) is 0 Å². The van der Waals surface area contributed by atoms with Crippen LogP contribution in [-0.2, 0) is 0 Å². The number of ether oxygens (including phenoxy) is 2. The van der Waals surface area contributed by atoms with Gasteiger partial charge < -0.3 is 13.9 Å². The van der Waals surface area contributed by atoms with E-state index in [2.05, 4.69) is 0 Å². The van der Waals surface area contributed by atoms with E-state index in [1.54, 1.807) is 19.9 Å². The van der Waals surface area contributed by atoms with Gasteiger partial charge in [0.15, 0.2) is 28.9 Å². The summed E-state index contributed by atoms with van der Waals surface area (Å²) in [5.41, 5.74) is 1.17. The fourth-order valence-electron chi connectivity index (χ4n) is 2.78. The summed E-state index contributed by atoms with van der Waals surface area (Å²) in [5, 5.41) is 0.751. The first-order valence-corrected chi connectivity index (χ1v) is 7.66. The Labute approximate surface area is 144 Å². The number of ketones is 1. The van der Waals surface area contributed by atoms with E-state index in [1.807, 2.05) is 13.8 Å². The highest BCUT2D eigenvalue weighted by Gasteiger charge is 2.29. The summed E-state index contributed by atoms with van der Waals surface area (Å²) in [6, 6.07) is 1.05. The van der Waals surface area contributed by atoms with Gasteiger partial charge in [-0.05, 0) is 33.8 Å². The summed E-state index contributed by atoms with van der Waals surface area (Å²) in [6.45, 7) is 7.18. The normalized spacial score (nSPS) is 11.6. The quantitative estimate of drug-likeness (QED) is 0.795. The van der Waals surface area contributed by atoms with Crippen LogP contribution in [0.25, 0.3) is 11.6 Å². The van der Waals surface area contributed by atoms with E-state index >= 15 is 0 Å². The van der Waals surface area contributed by atoms with E-state index in [0.29, 0.717) is 11.0 Å². The van der Waals surface area contributed by atoms with Crippen LogP contribution >= 0.6 is 0 Å². The zero-order chi connectivity index (χ0) is 18.9. The molecule has 0 spiro atoms. The van der Waals surface area contributed by atoms with Crippen LogP contribution in [0.1, 0.15) is 42.5 Å². The Morgan fingerprint density at radius 2 is 1.64 bits per heavy atom. The van der Waals surface area contributed by atoms with Gasteiger partial charge in [-0.25, -0.2) is 8.78 Å². The van der Waals surface area contributed by atoms with Crippen LogP contribution in [0, 0.1) is 18.6 Å². The second-order valence-corrected chi connectivity index (χ2v) is 5.70. The van der Waals surface area contributed by atoms with E-state index < -0.39 is 23.0 Å². The zero-order valence-corrected chi connectivity index (χ0v) is 15.0. The van der Waals surface area contributed by atoms with Crippen molar-refractivity contribution in [2.75, 3.05) is 14.2 Å². The molecule has 0 atom stereocenters. The van der Waals surface area contributed by atoms with Gasteiger partial charge in [-0.1, -0.05) is 5.57 Å². The van der Waals surface area contributed by atoms with Crippen molar-refractivity contribution in [2.45, 2.75) is 27.7 Å². The lowest BCUT2D eigenvalue weighted by Gasteiger charge is -2.11. The predicted octanol–water partition coefficient (Wildman–Crippen LogP) is 3.11. The van der Waals surface area contributed by atoms with Gasteiger partial charge in [-0.15, -0.1) is 0 Å². The molecule has 0 aliphatic rings. The Bertz CT molecular complexity index is 923. The molecule has 0 bridgehead atoms. The number of halogens is 2. The number of hydrogen-bond acceptors (Lipinski definition) is 4. The lowest BCUT2D eigenvalue weighted by atomic mass is 10.0. The van der Waals surface area contributed by atoms with Crippen LogP contribution in [-0.4, -0.2) is 20.0 Å². The van der Waals surface area contributed by atoms with Crippen LogP contribution < -0.4 is 20.1 Å². The van der Waals surface area contributed by atoms with Gasteiger partial charge in [-0.2, -0.15) is 0 Å². The maximum atomic E-state index is 14.6. The second-order valence-electron chi connectivity index (χ2n) is 5.70. The van der Waals surface area contributed by atoms with E-state index in [1.165, 1.54) is 14.2 Å². The fraction of sp³-hybridized carbons (Fsp3) is 0.316. The molecule has 0 saturated carbocycles. The molecule has 0 aliphatic heterocycles. The number of hydrogen-bond donors (Lipinski definition) is 0. The summed E-state index contributed by atoms with van der Waals surface area (Å²) in [5.74, 6) is -3.78. The molecule has 0 amide bonds. The molecule has 0 N–H and O–H groups in total. The summed E-state index contributed by atoms with van der Waals surface area (Å²) in [7, 11) is 2.44. The van der Waals surface area contributed by atoms with Crippen molar-refractivity contribution in [3.05, 3.63) is 45.2 Å². The molecule has 1 aromatic carbocycles. The SMILES string of the molecule is C/C=c1/oc(C(=O)c2c(F)c(OC)cc(OC)c2F)c(C)c1=C(C)C. The first kappa shape index (κ1) is 18.7. The number of carbonyl (C=O) groups is 1. The molecule has 2 rings (SSSR count). The molecule has 0 fully saturated rings. The second kappa shape index (κ2) is 7.09. The first-order chi connectivity index (χ1) is 11.8. The molecule has 134 valence electrons. The molecule has 0 aliphatic carbocycles. The van der Waals surface area contributed by atoms with E-state index in [0.717, 1.165) is 16.9 Å². The number of carbonyl (C=O) groups excluding carboxylic acids is 1. The minimum Gasteiger partial charge on any atom is -0.494 e. The van der Waals surface area contributed by atoms with Crippen molar-refractivity contribution >= 4 is 17.4 Å². The van der Waals surface area contributed by atoms with Crippen LogP contribution in [0.5, 0.6) is 11.5 Å². The topological polar surface area (TPSA) is 48.7 Å². The minimum atomic E-state index is -1.10. The number of furan rings is 1. The first-order valence-electron chi connectivity index (χ1n) is 7.66. The van der Waals surface area contributed by atoms with Crippen molar-refractivity contribution < 1.29 is 27.5 Å². The molecular weight excluding hydrogens is 330 g/mol. The van der Waals surface area contributed by atoms with Gasteiger partial charge in [0.25, 0.3) is 0 Å². The molecule has 4 nitrogen and oxygen atoms in total. The van der Waals surface area contributed by atoms with Gasteiger partial charge in [0.2, 0.25) is 5.78 Å². The van der Waals surface area contributed by atoms with E-state index in [9.17, 15) is 13.6 Å². The van der Waals surface area contributed by atoms with Crippen molar-refractivity contribution in [3.63, 3.8) is 0 Å². The van der Waals surface area contributed by atoms with Gasteiger partial charge in [-0.3, -0.25) is 4.79 Å². The molecule has 0 unspecified atom stereocenters. The molecule has 1 aromatic heterocycles. The molecule has 25 heavy (non-hydrogen) atoms. The van der Waals surface area contributed by atoms with Gasteiger partial charge in [0, 0.05) is 16.8 Å². The van der Waals surface area contributed by atoms with Crippen LogP contribution in [0.15, 0.2) is 10.5 Å². The van der Waals surface area contributed by atoms with Crippen LogP contribution in [0.4, 0.5) is 8.78 Å². The predicted molar refractivity (Wildman–Crippen MR) is 90.5 cm³/mol. The largest absolute Gasteiger partial charge is 0.494 e. The monoisotopic (exact) mass is 350 g/mol. The highest BCUT2D eigenvalue weighted by Crippen LogP contribution is 2.32.